The second-order valence-corrected chi connectivity index (χ2v) is 11.7. The van der Waals surface area contributed by atoms with Crippen molar-refractivity contribution < 1.29 is 31.5 Å². The lowest BCUT2D eigenvalue weighted by atomic mass is 9.86. The molecule has 0 unspecified atom stereocenters. The molecule has 182 valence electrons. The fraction of sp³-hybridized carbons (Fsp3) is 0.435. The highest BCUT2D eigenvalue weighted by Gasteiger charge is 2.45. The molecule has 2 aliphatic heterocycles. The average Bonchev–Trinajstić information content (AvgIpc) is 2.95. The molecule has 0 bridgehead atoms. The van der Waals surface area contributed by atoms with Gasteiger partial charge in [0.2, 0.25) is 5.91 Å². The standard InChI is InChI=1S/C23H25F2N3O5S/c1-22(2)16-12-17(19(29)27-23(3)7-9-34(31,32)10-8-23)26-13-18(16)28(20(22)30)14-5-4-6-15(11-14)33-21(24)25/h4-6,11-13,21H,7-10H2,1-3H3,(H,27,29). The fourth-order valence-electron chi connectivity index (χ4n) is 4.26. The number of carbonyl (C=O) groups is 2. The van der Waals surface area contributed by atoms with Crippen molar-refractivity contribution in [1.82, 2.24) is 10.3 Å². The number of rotatable bonds is 5. The van der Waals surface area contributed by atoms with Crippen molar-refractivity contribution in [1.29, 1.82) is 0 Å². The van der Waals surface area contributed by atoms with Crippen LogP contribution in [0.1, 0.15) is 49.7 Å². The second-order valence-electron chi connectivity index (χ2n) is 9.39. The normalized spacial score (nSPS) is 20.2. The molecule has 0 saturated carbocycles. The number of alkyl halides is 2. The van der Waals surface area contributed by atoms with Gasteiger partial charge >= 0.3 is 6.61 Å². The van der Waals surface area contributed by atoms with E-state index in [0.29, 0.717) is 29.8 Å². The molecule has 2 aliphatic rings. The monoisotopic (exact) mass is 493 g/mol. The summed E-state index contributed by atoms with van der Waals surface area (Å²) in [6, 6.07) is 7.36. The molecule has 0 radical (unpaired) electrons. The molecule has 1 aromatic heterocycles. The summed E-state index contributed by atoms with van der Waals surface area (Å²) < 4.78 is 53.2. The summed E-state index contributed by atoms with van der Waals surface area (Å²) in [5.41, 5.74) is -0.234. The third-order valence-electron chi connectivity index (χ3n) is 6.41. The molecule has 1 aromatic carbocycles. The van der Waals surface area contributed by atoms with Crippen LogP contribution in [0.15, 0.2) is 36.5 Å². The minimum absolute atomic E-state index is 0.00618. The first-order chi connectivity index (χ1) is 15.8. The van der Waals surface area contributed by atoms with E-state index in [0.717, 1.165) is 0 Å². The highest BCUT2D eigenvalue weighted by molar-refractivity contribution is 7.91. The Bertz CT molecular complexity index is 1250. The second kappa shape index (κ2) is 8.30. The van der Waals surface area contributed by atoms with E-state index in [9.17, 15) is 26.8 Å². The van der Waals surface area contributed by atoms with Crippen LogP contribution >= 0.6 is 0 Å². The van der Waals surface area contributed by atoms with Gasteiger partial charge in [-0.1, -0.05) is 6.07 Å². The first-order valence-electron chi connectivity index (χ1n) is 10.7. The molecule has 2 amide bonds. The zero-order valence-electron chi connectivity index (χ0n) is 19.0. The third-order valence-corrected chi connectivity index (χ3v) is 8.07. The summed E-state index contributed by atoms with van der Waals surface area (Å²) in [5, 5.41) is 2.90. The Balaban J connectivity index is 1.63. The summed E-state index contributed by atoms with van der Waals surface area (Å²) in [4.78, 5) is 31.9. The van der Waals surface area contributed by atoms with Gasteiger partial charge in [-0.25, -0.2) is 13.4 Å². The number of hydrogen-bond acceptors (Lipinski definition) is 6. The predicted molar refractivity (Wildman–Crippen MR) is 121 cm³/mol. The molecule has 34 heavy (non-hydrogen) atoms. The van der Waals surface area contributed by atoms with Gasteiger partial charge < -0.3 is 10.1 Å². The van der Waals surface area contributed by atoms with Crippen molar-refractivity contribution in [2.75, 3.05) is 16.4 Å². The number of sulfone groups is 1. The first kappa shape index (κ1) is 24.1. The van der Waals surface area contributed by atoms with Crippen LogP contribution in [0.25, 0.3) is 0 Å². The average molecular weight is 494 g/mol. The largest absolute Gasteiger partial charge is 0.435 e. The minimum atomic E-state index is -3.09. The van der Waals surface area contributed by atoms with Gasteiger partial charge in [-0.05, 0) is 57.4 Å². The van der Waals surface area contributed by atoms with Crippen LogP contribution in [0.5, 0.6) is 5.75 Å². The van der Waals surface area contributed by atoms with Crippen LogP contribution < -0.4 is 15.0 Å². The quantitative estimate of drug-likeness (QED) is 0.685. The summed E-state index contributed by atoms with van der Waals surface area (Å²) in [6.07, 6.45) is 2.02. The van der Waals surface area contributed by atoms with Gasteiger partial charge in [0.1, 0.15) is 21.3 Å². The Kier molecular flexibility index (Phi) is 5.87. The zero-order chi connectivity index (χ0) is 24.9. The molecular weight excluding hydrogens is 468 g/mol. The number of nitrogens with one attached hydrogen (secondary N) is 1. The number of halogens is 2. The number of aromatic nitrogens is 1. The summed E-state index contributed by atoms with van der Waals surface area (Å²) in [6.45, 7) is 2.23. The van der Waals surface area contributed by atoms with E-state index in [2.05, 4.69) is 15.0 Å². The number of carbonyl (C=O) groups excluding carboxylic acids is 2. The highest BCUT2D eigenvalue weighted by atomic mass is 32.2. The molecule has 0 atom stereocenters. The van der Waals surface area contributed by atoms with Crippen LogP contribution in [0.2, 0.25) is 0 Å². The topological polar surface area (TPSA) is 106 Å². The number of fused-ring (bicyclic) bond motifs is 1. The molecule has 8 nitrogen and oxygen atoms in total. The Morgan fingerprint density at radius 1 is 1.18 bits per heavy atom. The van der Waals surface area contributed by atoms with Gasteiger partial charge in [0.25, 0.3) is 5.91 Å². The SMILES string of the molecule is CC1(NC(=O)c2cc3c(cn2)N(c2cccc(OC(F)F)c2)C(=O)C3(C)C)CCS(=O)(=O)CC1. The van der Waals surface area contributed by atoms with Crippen LogP contribution in [-0.2, 0) is 20.0 Å². The van der Waals surface area contributed by atoms with Crippen molar-refractivity contribution in [3.8, 4) is 5.75 Å². The maximum absolute atomic E-state index is 13.3. The third kappa shape index (κ3) is 4.48. The molecular formula is C23H25F2N3O5S. The van der Waals surface area contributed by atoms with E-state index < -0.39 is 33.3 Å². The lowest BCUT2D eigenvalue weighted by Gasteiger charge is -2.34. The van der Waals surface area contributed by atoms with Gasteiger partial charge in [0.05, 0.1) is 34.5 Å². The van der Waals surface area contributed by atoms with E-state index in [1.807, 2.05) is 0 Å². The Morgan fingerprint density at radius 2 is 1.85 bits per heavy atom. The van der Waals surface area contributed by atoms with Crippen molar-refractivity contribution in [2.24, 2.45) is 0 Å². The molecule has 0 aliphatic carbocycles. The predicted octanol–water partition coefficient (Wildman–Crippen LogP) is 3.34. The number of ether oxygens (including phenoxy) is 1. The van der Waals surface area contributed by atoms with E-state index in [1.165, 1.54) is 29.3 Å². The van der Waals surface area contributed by atoms with E-state index in [4.69, 9.17) is 0 Å². The molecule has 3 heterocycles. The van der Waals surface area contributed by atoms with Crippen molar-refractivity contribution in [2.45, 2.75) is 51.2 Å². The Morgan fingerprint density at radius 3 is 2.50 bits per heavy atom. The minimum Gasteiger partial charge on any atom is -0.435 e. The smallest absolute Gasteiger partial charge is 0.387 e. The van der Waals surface area contributed by atoms with Crippen LogP contribution in [0, 0.1) is 0 Å². The Hall–Kier alpha value is -3.08. The first-order valence-corrected chi connectivity index (χ1v) is 12.6. The number of nitrogens with zero attached hydrogens (tertiary/aromatic N) is 2. The Labute approximate surface area is 196 Å². The van der Waals surface area contributed by atoms with Gasteiger partial charge in [0, 0.05) is 11.6 Å². The molecule has 11 heteroatoms. The van der Waals surface area contributed by atoms with E-state index >= 15 is 0 Å². The number of hydrogen-bond donors (Lipinski definition) is 1. The highest BCUT2D eigenvalue weighted by Crippen LogP contribution is 2.45. The molecule has 1 saturated heterocycles. The molecule has 1 N–H and O–H groups in total. The number of anilines is 2. The van der Waals surface area contributed by atoms with Gasteiger partial charge in [-0.2, -0.15) is 8.78 Å². The van der Waals surface area contributed by atoms with Gasteiger partial charge in [0.15, 0.2) is 0 Å². The summed E-state index contributed by atoms with van der Waals surface area (Å²) in [7, 11) is -3.09. The fourth-order valence-corrected chi connectivity index (χ4v) is 5.99. The lowest BCUT2D eigenvalue weighted by molar-refractivity contribution is -0.121. The number of amides is 2. The lowest BCUT2D eigenvalue weighted by Crippen LogP contribution is -2.51. The number of benzene rings is 1. The molecule has 4 rings (SSSR count). The van der Waals surface area contributed by atoms with Crippen LogP contribution in [0.3, 0.4) is 0 Å². The van der Waals surface area contributed by atoms with E-state index in [1.54, 1.807) is 32.9 Å². The van der Waals surface area contributed by atoms with Crippen LogP contribution in [0.4, 0.5) is 20.2 Å². The molecule has 2 aromatic rings. The molecule has 0 spiro atoms. The van der Waals surface area contributed by atoms with Crippen molar-refractivity contribution in [3.63, 3.8) is 0 Å². The van der Waals surface area contributed by atoms with Crippen LogP contribution in [-0.4, -0.2) is 48.9 Å². The van der Waals surface area contributed by atoms with Crippen molar-refractivity contribution in [3.05, 3.63) is 47.8 Å². The van der Waals surface area contributed by atoms with Crippen molar-refractivity contribution >= 4 is 33.0 Å². The van der Waals surface area contributed by atoms with Gasteiger partial charge in [-0.3, -0.25) is 14.5 Å². The zero-order valence-corrected chi connectivity index (χ0v) is 19.8. The number of pyridine rings is 1. The maximum atomic E-state index is 13.3. The maximum Gasteiger partial charge on any atom is 0.387 e. The van der Waals surface area contributed by atoms with E-state index in [-0.39, 0.29) is 28.9 Å². The summed E-state index contributed by atoms with van der Waals surface area (Å²) >= 11 is 0. The molecule has 1 fully saturated rings. The summed E-state index contributed by atoms with van der Waals surface area (Å²) in [5.74, 6) is -0.837. The van der Waals surface area contributed by atoms with Gasteiger partial charge in [-0.15, -0.1) is 0 Å².